The fourth-order valence-electron chi connectivity index (χ4n) is 10.7. The van der Waals surface area contributed by atoms with Gasteiger partial charge in [0.05, 0.1) is 5.41 Å². The molecule has 0 aliphatic heterocycles. The Morgan fingerprint density at radius 3 is 1.78 bits per heavy atom. The van der Waals surface area contributed by atoms with Crippen molar-refractivity contribution in [1.29, 1.82) is 0 Å². The van der Waals surface area contributed by atoms with Gasteiger partial charge < -0.3 is 4.42 Å². The van der Waals surface area contributed by atoms with Gasteiger partial charge in [0.15, 0.2) is 0 Å². The van der Waals surface area contributed by atoms with Gasteiger partial charge in [-0.25, -0.2) is 0 Å². The minimum Gasteiger partial charge on any atom is -0.455 e. The number of benzene rings is 9. The Bertz CT molecular complexity index is 3140. The molecule has 59 heavy (non-hydrogen) atoms. The molecule has 0 spiro atoms. The number of hydrogen-bond donors (Lipinski definition) is 0. The molecule has 9 aromatic carbocycles. The lowest BCUT2D eigenvalue weighted by atomic mass is 9.65. The van der Waals surface area contributed by atoms with Gasteiger partial charge in [0.25, 0.3) is 0 Å². The van der Waals surface area contributed by atoms with Crippen LogP contribution in [0.2, 0.25) is 0 Å². The summed E-state index contributed by atoms with van der Waals surface area (Å²) in [6, 6.07) is 78.8. The lowest BCUT2D eigenvalue weighted by Gasteiger charge is -2.36. The zero-order chi connectivity index (χ0) is 38.9. The number of para-hydroxylation sites is 2. The third kappa shape index (κ3) is 5.18. The van der Waals surface area contributed by atoms with Crippen molar-refractivity contribution in [1.82, 2.24) is 0 Å². The van der Waals surface area contributed by atoms with Crippen LogP contribution in [-0.2, 0) is 18.3 Å². The summed E-state index contributed by atoms with van der Waals surface area (Å²) in [4.78, 5) is 0. The Balaban J connectivity index is 1.01. The minimum atomic E-state index is -0.504. The topological polar surface area (TPSA) is 13.1 Å². The highest BCUT2D eigenvalue weighted by Gasteiger charge is 2.48. The Morgan fingerprint density at radius 1 is 0.424 bits per heavy atom. The van der Waals surface area contributed by atoms with Crippen molar-refractivity contribution in [3.8, 4) is 33.4 Å². The Morgan fingerprint density at radius 2 is 1.02 bits per heavy atom. The van der Waals surface area contributed by atoms with Crippen LogP contribution in [0.3, 0.4) is 0 Å². The third-order valence-corrected chi connectivity index (χ3v) is 13.2. The van der Waals surface area contributed by atoms with Crippen molar-refractivity contribution in [2.75, 3.05) is 0 Å². The maximum atomic E-state index is 6.47. The predicted octanol–water partition coefficient (Wildman–Crippen LogP) is 14.6. The van der Waals surface area contributed by atoms with Crippen LogP contribution in [0.1, 0.15) is 56.0 Å². The summed E-state index contributed by atoms with van der Waals surface area (Å²) in [5.74, 6) is 0.273. The standard InChI is InChI=1S/C58H40O/c1-3-19-42(20-4-1)58(43-21-5-2-6-22-43)54-36-39(34-38-16-13-17-40(35-38)44-28-15-30-52-50-27-11-12-31-55(50)59-57(44)52)32-33-49(54)51-29-14-18-41(56(51)58)37-53-47-25-9-7-23-45(47)46-24-8-10-26-48(46)53/h1-33,35-36,53H,34,37H2. The van der Waals surface area contributed by atoms with Crippen LogP contribution in [0.15, 0.2) is 217 Å². The predicted molar refractivity (Wildman–Crippen MR) is 243 cm³/mol. The van der Waals surface area contributed by atoms with Gasteiger partial charge in [-0.2, -0.15) is 0 Å². The van der Waals surface area contributed by atoms with E-state index in [1.165, 1.54) is 77.9 Å². The Kier molecular flexibility index (Phi) is 7.71. The highest BCUT2D eigenvalue weighted by atomic mass is 16.3. The third-order valence-electron chi connectivity index (χ3n) is 13.2. The van der Waals surface area contributed by atoms with E-state index in [4.69, 9.17) is 4.42 Å². The molecule has 0 amide bonds. The zero-order valence-electron chi connectivity index (χ0n) is 32.6. The molecule has 0 radical (unpaired) electrons. The highest BCUT2D eigenvalue weighted by Crippen LogP contribution is 2.58. The van der Waals surface area contributed by atoms with Gasteiger partial charge in [0.2, 0.25) is 0 Å². The van der Waals surface area contributed by atoms with Gasteiger partial charge in [0.1, 0.15) is 11.2 Å². The van der Waals surface area contributed by atoms with Gasteiger partial charge in [-0.05, 0) is 96.8 Å². The maximum Gasteiger partial charge on any atom is 0.143 e. The second kappa shape index (κ2) is 13.4. The number of furan rings is 1. The fraction of sp³-hybridized carbons (Fsp3) is 0.0690. The average molecular weight is 753 g/mol. The van der Waals surface area contributed by atoms with Crippen molar-refractivity contribution in [3.05, 3.63) is 262 Å². The highest BCUT2D eigenvalue weighted by molar-refractivity contribution is 6.09. The van der Waals surface area contributed by atoms with Crippen LogP contribution in [-0.4, -0.2) is 0 Å². The fourth-order valence-corrected chi connectivity index (χ4v) is 10.7. The smallest absolute Gasteiger partial charge is 0.143 e. The molecule has 278 valence electrons. The average Bonchev–Trinajstić information content (AvgIpc) is 3.94. The zero-order valence-corrected chi connectivity index (χ0v) is 32.6. The van der Waals surface area contributed by atoms with E-state index < -0.39 is 5.41 Å². The molecule has 1 heteroatoms. The minimum absolute atomic E-state index is 0.273. The summed E-state index contributed by atoms with van der Waals surface area (Å²) in [7, 11) is 0. The molecule has 1 nitrogen and oxygen atoms in total. The molecule has 2 aliphatic rings. The van der Waals surface area contributed by atoms with Crippen molar-refractivity contribution in [2.45, 2.75) is 24.2 Å². The van der Waals surface area contributed by atoms with Gasteiger partial charge in [-0.3, -0.25) is 0 Å². The van der Waals surface area contributed by atoms with Crippen LogP contribution in [0.25, 0.3) is 55.3 Å². The second-order valence-corrected chi connectivity index (χ2v) is 16.3. The van der Waals surface area contributed by atoms with E-state index in [-0.39, 0.29) is 5.92 Å². The van der Waals surface area contributed by atoms with Gasteiger partial charge in [0, 0.05) is 22.3 Å². The summed E-state index contributed by atoms with van der Waals surface area (Å²) < 4.78 is 6.47. The summed E-state index contributed by atoms with van der Waals surface area (Å²) in [5, 5.41) is 2.31. The van der Waals surface area contributed by atoms with E-state index in [0.717, 1.165) is 40.3 Å². The molecule has 0 saturated heterocycles. The van der Waals surface area contributed by atoms with Gasteiger partial charge in [-0.15, -0.1) is 0 Å². The molecule has 0 atom stereocenters. The second-order valence-electron chi connectivity index (χ2n) is 16.3. The van der Waals surface area contributed by atoms with E-state index in [1.54, 1.807) is 0 Å². The van der Waals surface area contributed by atoms with Crippen molar-refractivity contribution >= 4 is 21.9 Å². The van der Waals surface area contributed by atoms with Crippen molar-refractivity contribution in [3.63, 3.8) is 0 Å². The molecular formula is C58H40O. The van der Waals surface area contributed by atoms with Crippen molar-refractivity contribution < 1.29 is 4.42 Å². The summed E-state index contributed by atoms with van der Waals surface area (Å²) >= 11 is 0. The summed E-state index contributed by atoms with van der Waals surface area (Å²) in [6.45, 7) is 0. The van der Waals surface area contributed by atoms with Crippen LogP contribution >= 0.6 is 0 Å². The molecule has 0 unspecified atom stereocenters. The molecule has 2 aliphatic carbocycles. The molecule has 0 bridgehead atoms. The first kappa shape index (κ1) is 33.9. The monoisotopic (exact) mass is 752 g/mol. The molecule has 1 aromatic heterocycles. The molecule has 0 fully saturated rings. The van der Waals surface area contributed by atoms with E-state index in [9.17, 15) is 0 Å². The molecule has 12 rings (SSSR count). The summed E-state index contributed by atoms with van der Waals surface area (Å²) in [5.41, 5.74) is 21.2. The first-order valence-corrected chi connectivity index (χ1v) is 20.8. The van der Waals surface area contributed by atoms with E-state index >= 15 is 0 Å². The molecule has 1 heterocycles. The lowest BCUT2D eigenvalue weighted by molar-refractivity contribution is 0.670. The van der Waals surface area contributed by atoms with Crippen LogP contribution in [0, 0.1) is 0 Å². The van der Waals surface area contributed by atoms with E-state index in [1.807, 2.05) is 6.07 Å². The Hall–Kier alpha value is -7.22. The van der Waals surface area contributed by atoms with Crippen LogP contribution in [0.4, 0.5) is 0 Å². The molecule has 10 aromatic rings. The van der Waals surface area contributed by atoms with Crippen LogP contribution < -0.4 is 0 Å². The first-order valence-electron chi connectivity index (χ1n) is 20.8. The quantitative estimate of drug-likeness (QED) is 0.158. The van der Waals surface area contributed by atoms with E-state index in [0.29, 0.717) is 0 Å². The lowest BCUT2D eigenvalue weighted by Crippen LogP contribution is -2.30. The summed E-state index contributed by atoms with van der Waals surface area (Å²) in [6.07, 6.45) is 1.74. The molecule has 0 saturated carbocycles. The normalized spacial score (nSPS) is 13.6. The van der Waals surface area contributed by atoms with E-state index in [2.05, 4.69) is 206 Å². The molecular weight excluding hydrogens is 713 g/mol. The number of fused-ring (bicyclic) bond motifs is 9. The first-order chi connectivity index (χ1) is 29.3. The Labute approximate surface area is 344 Å². The maximum absolute atomic E-state index is 6.47. The van der Waals surface area contributed by atoms with Gasteiger partial charge >= 0.3 is 0 Å². The SMILES string of the molecule is c1ccc(C2(c3ccccc3)c3cc(Cc4cccc(-c5cccc6c5oc5ccccc56)c4)ccc3-c3cccc(CC4c5ccccc5-c5ccccc54)c32)cc1. The van der Waals surface area contributed by atoms with Gasteiger partial charge in [-0.1, -0.05) is 206 Å². The number of hydrogen-bond acceptors (Lipinski definition) is 1. The largest absolute Gasteiger partial charge is 0.455 e. The number of rotatable bonds is 7. The molecule has 0 N–H and O–H groups in total. The van der Waals surface area contributed by atoms with Crippen molar-refractivity contribution in [2.24, 2.45) is 0 Å². The van der Waals surface area contributed by atoms with Crippen LogP contribution in [0.5, 0.6) is 0 Å².